The standard InChI is InChI=1S/C16H20ClN3O2/c1-3-9-18-15(21)11-19(2)14-8-10-20(16(14)22)13-7-5-4-6-12(13)17/h3-7,14H,1,8-11H2,2H3,(H,18,21). The van der Waals surface area contributed by atoms with Crippen LogP contribution in [0.3, 0.4) is 0 Å². The predicted molar refractivity (Wildman–Crippen MR) is 88.0 cm³/mol. The van der Waals surface area contributed by atoms with Crippen LogP contribution in [0.5, 0.6) is 0 Å². The van der Waals surface area contributed by atoms with E-state index in [9.17, 15) is 9.59 Å². The lowest BCUT2D eigenvalue weighted by molar-refractivity contribution is -0.125. The fourth-order valence-electron chi connectivity index (χ4n) is 2.56. The molecule has 6 heteroatoms. The van der Waals surface area contributed by atoms with E-state index in [0.717, 1.165) is 5.69 Å². The molecule has 1 aliphatic rings. The van der Waals surface area contributed by atoms with E-state index in [-0.39, 0.29) is 24.4 Å². The molecule has 5 nitrogen and oxygen atoms in total. The van der Waals surface area contributed by atoms with Crippen molar-refractivity contribution >= 4 is 29.1 Å². The van der Waals surface area contributed by atoms with E-state index in [1.807, 2.05) is 18.2 Å². The maximum atomic E-state index is 12.6. The van der Waals surface area contributed by atoms with Gasteiger partial charge in [0.2, 0.25) is 11.8 Å². The van der Waals surface area contributed by atoms with Gasteiger partial charge in [-0.1, -0.05) is 29.8 Å². The molecule has 1 fully saturated rings. The van der Waals surface area contributed by atoms with E-state index in [4.69, 9.17) is 11.6 Å². The van der Waals surface area contributed by atoms with Gasteiger partial charge in [-0.25, -0.2) is 0 Å². The fraction of sp³-hybridized carbons (Fsp3) is 0.375. The highest BCUT2D eigenvalue weighted by Gasteiger charge is 2.36. The van der Waals surface area contributed by atoms with E-state index in [0.29, 0.717) is 24.5 Å². The van der Waals surface area contributed by atoms with Crippen LogP contribution in [-0.2, 0) is 9.59 Å². The van der Waals surface area contributed by atoms with Crippen molar-refractivity contribution in [2.45, 2.75) is 12.5 Å². The number of likely N-dealkylation sites (N-methyl/N-ethyl adjacent to an activating group) is 1. The second-order valence-corrected chi connectivity index (χ2v) is 5.66. The highest BCUT2D eigenvalue weighted by atomic mass is 35.5. The molecule has 118 valence electrons. The quantitative estimate of drug-likeness (QED) is 0.811. The molecule has 1 aliphatic heterocycles. The van der Waals surface area contributed by atoms with Crippen LogP contribution >= 0.6 is 11.6 Å². The van der Waals surface area contributed by atoms with Crippen LogP contribution in [-0.4, -0.2) is 49.4 Å². The lowest BCUT2D eigenvalue weighted by Crippen LogP contribution is -2.44. The summed E-state index contributed by atoms with van der Waals surface area (Å²) in [6.07, 6.45) is 2.30. The van der Waals surface area contributed by atoms with Gasteiger partial charge < -0.3 is 10.2 Å². The molecule has 1 atom stereocenters. The van der Waals surface area contributed by atoms with Crippen LogP contribution in [0.4, 0.5) is 5.69 Å². The number of anilines is 1. The van der Waals surface area contributed by atoms with Crippen molar-refractivity contribution in [3.63, 3.8) is 0 Å². The summed E-state index contributed by atoms with van der Waals surface area (Å²) in [6, 6.07) is 6.99. The number of hydrogen-bond acceptors (Lipinski definition) is 3. The first-order valence-corrected chi connectivity index (χ1v) is 7.56. The SMILES string of the molecule is C=CCNC(=O)CN(C)C1CCN(c2ccccc2Cl)C1=O. The fourth-order valence-corrected chi connectivity index (χ4v) is 2.80. The van der Waals surface area contributed by atoms with Crippen molar-refractivity contribution in [3.8, 4) is 0 Å². The summed E-state index contributed by atoms with van der Waals surface area (Å²) >= 11 is 6.16. The molecular formula is C16H20ClN3O2. The van der Waals surface area contributed by atoms with E-state index in [1.54, 1.807) is 29.0 Å². The number of halogens is 1. The lowest BCUT2D eigenvalue weighted by atomic mass is 10.2. The molecule has 1 heterocycles. The third-order valence-corrected chi connectivity index (χ3v) is 4.01. The molecule has 0 radical (unpaired) electrons. The van der Waals surface area contributed by atoms with E-state index < -0.39 is 0 Å². The van der Waals surface area contributed by atoms with Gasteiger partial charge in [-0.2, -0.15) is 0 Å². The van der Waals surface area contributed by atoms with Gasteiger partial charge in [-0.05, 0) is 25.6 Å². The molecule has 0 saturated carbocycles. The molecule has 2 amide bonds. The van der Waals surface area contributed by atoms with Crippen molar-refractivity contribution in [3.05, 3.63) is 41.9 Å². The third kappa shape index (κ3) is 3.67. The molecule has 1 N–H and O–H groups in total. The average molecular weight is 322 g/mol. The number of carbonyl (C=O) groups excluding carboxylic acids is 2. The Morgan fingerprint density at radius 2 is 2.27 bits per heavy atom. The Labute approximate surface area is 135 Å². The summed E-state index contributed by atoms with van der Waals surface area (Å²) in [6.45, 7) is 4.76. The van der Waals surface area contributed by atoms with Gasteiger partial charge in [-0.15, -0.1) is 6.58 Å². The topological polar surface area (TPSA) is 52.7 Å². The molecule has 0 spiro atoms. The van der Waals surface area contributed by atoms with Gasteiger partial charge in [0.15, 0.2) is 0 Å². The molecule has 1 unspecified atom stereocenters. The molecule has 1 aromatic carbocycles. The zero-order valence-electron chi connectivity index (χ0n) is 12.6. The zero-order chi connectivity index (χ0) is 16.1. The van der Waals surface area contributed by atoms with Gasteiger partial charge >= 0.3 is 0 Å². The minimum atomic E-state index is -0.300. The Bertz CT molecular complexity index is 576. The number of nitrogens with zero attached hydrogens (tertiary/aromatic N) is 2. The summed E-state index contributed by atoms with van der Waals surface area (Å²) in [4.78, 5) is 27.8. The van der Waals surface area contributed by atoms with Crippen LogP contribution in [0.15, 0.2) is 36.9 Å². The Morgan fingerprint density at radius 3 is 2.95 bits per heavy atom. The molecular weight excluding hydrogens is 302 g/mol. The summed E-state index contributed by atoms with van der Waals surface area (Å²) in [5, 5.41) is 3.27. The number of benzene rings is 1. The molecule has 0 bridgehead atoms. The van der Waals surface area contributed by atoms with Gasteiger partial charge in [0, 0.05) is 13.1 Å². The van der Waals surface area contributed by atoms with E-state index in [2.05, 4.69) is 11.9 Å². The monoisotopic (exact) mass is 321 g/mol. The molecule has 1 aromatic rings. The largest absolute Gasteiger partial charge is 0.352 e. The van der Waals surface area contributed by atoms with Crippen molar-refractivity contribution in [1.29, 1.82) is 0 Å². The summed E-state index contributed by atoms with van der Waals surface area (Å²) in [5.41, 5.74) is 0.723. The first kappa shape index (κ1) is 16.5. The molecule has 22 heavy (non-hydrogen) atoms. The lowest BCUT2D eigenvalue weighted by Gasteiger charge is -2.23. The van der Waals surface area contributed by atoms with Gasteiger partial charge in [0.25, 0.3) is 0 Å². The Morgan fingerprint density at radius 1 is 1.55 bits per heavy atom. The van der Waals surface area contributed by atoms with Crippen LogP contribution in [0.1, 0.15) is 6.42 Å². The molecule has 0 aliphatic carbocycles. The average Bonchev–Trinajstić information content (AvgIpc) is 2.87. The second-order valence-electron chi connectivity index (χ2n) is 5.25. The first-order chi connectivity index (χ1) is 10.5. The van der Waals surface area contributed by atoms with Crippen LogP contribution in [0, 0.1) is 0 Å². The predicted octanol–water partition coefficient (Wildman–Crippen LogP) is 1.68. The molecule has 0 aromatic heterocycles. The summed E-state index contributed by atoms with van der Waals surface area (Å²) in [7, 11) is 1.78. The second kappa shape index (κ2) is 7.42. The Kier molecular flexibility index (Phi) is 5.57. The first-order valence-electron chi connectivity index (χ1n) is 7.18. The number of hydrogen-bond donors (Lipinski definition) is 1. The van der Waals surface area contributed by atoms with Crippen LogP contribution in [0.2, 0.25) is 5.02 Å². The van der Waals surface area contributed by atoms with Crippen molar-refractivity contribution in [2.24, 2.45) is 0 Å². The van der Waals surface area contributed by atoms with Gasteiger partial charge in [-0.3, -0.25) is 14.5 Å². The Balaban J connectivity index is 2.00. The normalized spacial score (nSPS) is 17.9. The number of carbonyl (C=O) groups is 2. The third-order valence-electron chi connectivity index (χ3n) is 3.69. The molecule has 2 rings (SSSR count). The number of rotatable bonds is 6. The highest BCUT2D eigenvalue weighted by molar-refractivity contribution is 6.33. The van der Waals surface area contributed by atoms with E-state index >= 15 is 0 Å². The van der Waals surface area contributed by atoms with Crippen molar-refractivity contribution in [1.82, 2.24) is 10.2 Å². The zero-order valence-corrected chi connectivity index (χ0v) is 13.3. The number of amides is 2. The Hall–Kier alpha value is -1.85. The van der Waals surface area contributed by atoms with Crippen LogP contribution < -0.4 is 10.2 Å². The molecule has 1 saturated heterocycles. The summed E-state index contributed by atoms with van der Waals surface area (Å²) < 4.78 is 0. The van der Waals surface area contributed by atoms with Crippen LogP contribution in [0.25, 0.3) is 0 Å². The van der Waals surface area contributed by atoms with Gasteiger partial charge in [0.05, 0.1) is 23.3 Å². The van der Waals surface area contributed by atoms with Gasteiger partial charge in [0.1, 0.15) is 0 Å². The summed E-state index contributed by atoms with van der Waals surface area (Å²) in [5.74, 6) is -0.140. The van der Waals surface area contributed by atoms with Crippen molar-refractivity contribution < 1.29 is 9.59 Å². The maximum Gasteiger partial charge on any atom is 0.244 e. The maximum absolute atomic E-state index is 12.6. The number of para-hydroxylation sites is 1. The highest BCUT2D eigenvalue weighted by Crippen LogP contribution is 2.30. The minimum absolute atomic E-state index is 0.0212. The van der Waals surface area contributed by atoms with E-state index in [1.165, 1.54) is 0 Å². The smallest absolute Gasteiger partial charge is 0.244 e. The number of nitrogens with one attached hydrogen (secondary N) is 1. The minimum Gasteiger partial charge on any atom is -0.352 e. The van der Waals surface area contributed by atoms with Crippen molar-refractivity contribution in [2.75, 3.05) is 31.6 Å².